The monoisotopic (exact) mass is 492 g/mol. The minimum Gasteiger partial charge on any atom is -0.359 e. The second kappa shape index (κ2) is 13.6. The highest BCUT2D eigenvalue weighted by molar-refractivity contribution is 8.04. The maximum absolute atomic E-state index is 4.64. The normalized spacial score (nSPS) is 21.7. The van der Waals surface area contributed by atoms with Crippen LogP contribution < -0.4 is 5.32 Å². The van der Waals surface area contributed by atoms with E-state index >= 15 is 0 Å². The summed E-state index contributed by atoms with van der Waals surface area (Å²) in [4.78, 5) is 10.6. The lowest BCUT2D eigenvalue weighted by atomic mass is 9.98. The molecule has 0 aromatic rings. The second-order valence-corrected chi connectivity index (χ2v) is 10.5. The van der Waals surface area contributed by atoms with Crippen LogP contribution in [0.5, 0.6) is 0 Å². The Morgan fingerprint density at radius 2 is 1.86 bits per heavy atom. The van der Waals surface area contributed by atoms with E-state index in [9.17, 15) is 0 Å². The van der Waals surface area contributed by atoms with Gasteiger partial charge in [0, 0.05) is 54.9 Å². The summed E-state index contributed by atoms with van der Waals surface area (Å²) in [7, 11) is 2.14. The van der Waals surface area contributed by atoms with Gasteiger partial charge in [-0.25, -0.2) is 0 Å². The van der Waals surface area contributed by atoms with E-state index in [2.05, 4.69) is 105 Å². The van der Waals surface area contributed by atoms with Gasteiger partial charge in [-0.05, 0) is 74.5 Å². The number of likely N-dealkylation sites (tertiary alicyclic amines) is 1. The summed E-state index contributed by atoms with van der Waals surface area (Å²) < 4.78 is 0. The van der Waals surface area contributed by atoms with Crippen LogP contribution >= 0.6 is 11.8 Å². The number of allylic oxidation sites excluding steroid dienone is 10. The predicted molar refractivity (Wildman–Crippen MR) is 157 cm³/mol. The van der Waals surface area contributed by atoms with Gasteiger partial charge in [-0.2, -0.15) is 0 Å². The summed E-state index contributed by atoms with van der Waals surface area (Å²) in [6, 6.07) is 0.295. The van der Waals surface area contributed by atoms with Crippen molar-refractivity contribution in [3.8, 4) is 0 Å². The molecule has 0 radical (unpaired) electrons. The number of nitrogens with zero attached hydrogens (tertiary/aromatic N) is 3. The topological polar surface area (TPSA) is 30.9 Å². The molecule has 0 amide bonds. The zero-order valence-electron chi connectivity index (χ0n) is 22.8. The highest BCUT2D eigenvalue weighted by Gasteiger charge is 2.35. The SMILES string of the molecule is C=CC(=C/C)/C(=C\C(=C)/C(C=NC(C)CC)=C/C)/C=C(\C)NC(=C)C1=CN(C)C(N2CC(C)C2)S1. The van der Waals surface area contributed by atoms with Gasteiger partial charge in [-0.1, -0.05) is 63.6 Å². The fourth-order valence-electron chi connectivity index (χ4n) is 3.99. The van der Waals surface area contributed by atoms with Gasteiger partial charge < -0.3 is 10.2 Å². The predicted octanol–water partition coefficient (Wildman–Crippen LogP) is 7.18. The highest BCUT2D eigenvalue weighted by Crippen LogP contribution is 2.39. The summed E-state index contributed by atoms with van der Waals surface area (Å²) in [6.07, 6.45) is 15.4. The zero-order valence-corrected chi connectivity index (χ0v) is 23.6. The molecule has 0 aromatic heterocycles. The molecule has 0 spiro atoms. The van der Waals surface area contributed by atoms with Crippen LogP contribution in [0, 0.1) is 5.92 Å². The lowest BCUT2D eigenvalue weighted by molar-refractivity contribution is 0.0529. The van der Waals surface area contributed by atoms with E-state index in [0.29, 0.717) is 11.5 Å². The lowest BCUT2D eigenvalue weighted by Crippen LogP contribution is -2.53. The van der Waals surface area contributed by atoms with Crippen LogP contribution in [-0.2, 0) is 0 Å². The van der Waals surface area contributed by atoms with Gasteiger partial charge >= 0.3 is 0 Å². The van der Waals surface area contributed by atoms with Crippen LogP contribution in [0.2, 0.25) is 0 Å². The number of hydrogen-bond acceptors (Lipinski definition) is 5. The Bertz CT molecular complexity index is 986. The Labute approximate surface area is 218 Å². The molecular formula is C30H44N4S. The summed E-state index contributed by atoms with van der Waals surface area (Å²) in [5.41, 5.74) is 6.31. The molecule has 2 aliphatic rings. The van der Waals surface area contributed by atoms with Crippen LogP contribution in [0.4, 0.5) is 0 Å². The molecule has 1 N–H and O–H groups in total. The van der Waals surface area contributed by atoms with Gasteiger partial charge in [0.05, 0.1) is 0 Å². The molecule has 1 saturated heterocycles. The van der Waals surface area contributed by atoms with E-state index in [0.717, 1.165) is 59.1 Å². The van der Waals surface area contributed by atoms with Gasteiger partial charge in [0.1, 0.15) is 5.50 Å². The molecule has 2 atom stereocenters. The molecule has 5 heteroatoms. The van der Waals surface area contributed by atoms with E-state index in [-0.39, 0.29) is 0 Å². The smallest absolute Gasteiger partial charge is 0.134 e. The first-order valence-corrected chi connectivity index (χ1v) is 13.4. The quantitative estimate of drug-likeness (QED) is 0.231. The molecule has 0 aromatic carbocycles. The maximum Gasteiger partial charge on any atom is 0.134 e. The molecule has 4 nitrogen and oxygen atoms in total. The van der Waals surface area contributed by atoms with E-state index in [1.165, 1.54) is 4.91 Å². The molecule has 2 rings (SSSR count). The fraction of sp³-hybridized carbons (Fsp3) is 0.433. The van der Waals surface area contributed by atoms with Crippen LogP contribution in [0.15, 0.2) is 99.9 Å². The van der Waals surface area contributed by atoms with Crippen LogP contribution in [-0.4, -0.2) is 47.7 Å². The van der Waals surface area contributed by atoms with E-state index < -0.39 is 0 Å². The lowest BCUT2D eigenvalue weighted by Gasteiger charge is -2.43. The Kier molecular flexibility index (Phi) is 11.1. The molecule has 190 valence electrons. The van der Waals surface area contributed by atoms with Crippen molar-refractivity contribution in [2.45, 2.75) is 59.5 Å². The summed E-state index contributed by atoms with van der Waals surface area (Å²) in [5.74, 6) is 0.787. The van der Waals surface area contributed by atoms with Crippen LogP contribution in [0.3, 0.4) is 0 Å². The average molecular weight is 493 g/mol. The largest absolute Gasteiger partial charge is 0.359 e. The van der Waals surface area contributed by atoms with Gasteiger partial charge in [-0.15, -0.1) is 0 Å². The summed E-state index contributed by atoms with van der Waals surface area (Å²) >= 11 is 1.86. The molecule has 0 bridgehead atoms. The Morgan fingerprint density at radius 1 is 1.20 bits per heavy atom. The highest BCUT2D eigenvalue weighted by atomic mass is 32.2. The first kappa shape index (κ1) is 28.7. The van der Waals surface area contributed by atoms with Crippen molar-refractivity contribution in [3.05, 3.63) is 94.9 Å². The Balaban J connectivity index is 2.17. The first-order chi connectivity index (χ1) is 16.6. The minimum atomic E-state index is 0.295. The number of nitrogens with one attached hydrogen (secondary N) is 1. The van der Waals surface area contributed by atoms with E-state index in [1.54, 1.807) is 0 Å². The van der Waals surface area contributed by atoms with Gasteiger partial charge in [0.15, 0.2) is 0 Å². The molecular weight excluding hydrogens is 448 g/mol. The number of aliphatic imine (C=N–C) groups is 1. The average Bonchev–Trinajstić information content (AvgIpc) is 3.18. The molecule has 35 heavy (non-hydrogen) atoms. The summed E-state index contributed by atoms with van der Waals surface area (Å²) in [5, 5.41) is 3.50. The molecule has 2 aliphatic heterocycles. The Hall–Kier alpha value is -2.50. The van der Waals surface area contributed by atoms with Crippen LogP contribution in [0.25, 0.3) is 0 Å². The standard InChI is InChI=1S/C30H44N4S/c1-11-23(7)31-17-27(14-4)22(6)15-28(26(12-2)13-3)16-24(8)32-25(9)29-20-33(10)30(35-29)34-18-21(5)19-34/h12-17,20-21,23,30,32H,2,6,9,11,18-19H2,1,3-5,7-8,10H3/b24-16+,26-13-,27-14+,28-15-,31-17?. The van der Waals surface area contributed by atoms with Crippen molar-refractivity contribution in [1.29, 1.82) is 0 Å². The molecule has 0 saturated carbocycles. The number of thioether (sulfide) groups is 1. The molecule has 1 fully saturated rings. The fourth-order valence-corrected chi connectivity index (χ4v) is 5.19. The first-order valence-electron chi connectivity index (χ1n) is 12.5. The zero-order chi connectivity index (χ0) is 26.1. The summed E-state index contributed by atoms with van der Waals surface area (Å²) in [6.45, 7) is 27.6. The van der Waals surface area contributed by atoms with Gasteiger partial charge in [0.25, 0.3) is 0 Å². The third-order valence-corrected chi connectivity index (χ3v) is 7.71. The molecule has 0 aliphatic carbocycles. The second-order valence-electron chi connectivity index (χ2n) is 9.45. The van der Waals surface area contributed by atoms with Crippen molar-refractivity contribution < 1.29 is 0 Å². The van der Waals surface area contributed by atoms with Crippen molar-refractivity contribution in [1.82, 2.24) is 15.1 Å². The number of rotatable bonds is 12. The van der Waals surface area contributed by atoms with Crippen molar-refractivity contribution in [2.24, 2.45) is 10.9 Å². The van der Waals surface area contributed by atoms with E-state index in [1.807, 2.05) is 37.9 Å². The van der Waals surface area contributed by atoms with Gasteiger partial charge in [0.2, 0.25) is 0 Å². The molecule has 2 heterocycles. The van der Waals surface area contributed by atoms with Gasteiger partial charge in [-0.3, -0.25) is 9.89 Å². The van der Waals surface area contributed by atoms with Crippen molar-refractivity contribution in [3.63, 3.8) is 0 Å². The molecule has 2 unspecified atom stereocenters. The number of hydrogen-bond donors (Lipinski definition) is 1. The van der Waals surface area contributed by atoms with E-state index in [4.69, 9.17) is 0 Å². The maximum atomic E-state index is 4.64. The van der Waals surface area contributed by atoms with Crippen molar-refractivity contribution in [2.75, 3.05) is 20.1 Å². The Morgan fingerprint density at radius 3 is 2.40 bits per heavy atom. The minimum absolute atomic E-state index is 0.295. The third kappa shape index (κ3) is 8.01. The van der Waals surface area contributed by atoms with Crippen molar-refractivity contribution >= 4 is 18.0 Å². The van der Waals surface area contributed by atoms with Crippen LogP contribution in [0.1, 0.15) is 48.0 Å². The third-order valence-electron chi connectivity index (χ3n) is 6.26.